The van der Waals surface area contributed by atoms with E-state index in [1.807, 2.05) is 0 Å². The first-order chi connectivity index (χ1) is 8.85. The largest absolute Gasteiger partial charge is 0.378 e. The Bertz CT molecular complexity index is 213. The SMILES string of the molecule is BrCC1(COC2CCCCCC2)CCCCCC1. The van der Waals surface area contributed by atoms with Crippen LogP contribution in [0, 0.1) is 5.41 Å². The maximum atomic E-state index is 6.32. The molecular weight excluding hydrogens is 288 g/mol. The molecular formula is C16H29BrO. The first kappa shape index (κ1) is 14.8. The van der Waals surface area contributed by atoms with Crippen LogP contribution in [-0.2, 0) is 4.74 Å². The number of hydrogen-bond donors (Lipinski definition) is 0. The van der Waals surface area contributed by atoms with Crippen molar-refractivity contribution in [3.63, 3.8) is 0 Å². The summed E-state index contributed by atoms with van der Waals surface area (Å²) in [5, 5.41) is 1.13. The van der Waals surface area contributed by atoms with Crippen LogP contribution in [0.2, 0.25) is 0 Å². The third-order valence-electron chi connectivity index (χ3n) is 4.88. The zero-order valence-electron chi connectivity index (χ0n) is 11.8. The predicted octanol–water partition coefficient (Wildman–Crippen LogP) is 5.46. The highest BCUT2D eigenvalue weighted by atomic mass is 79.9. The van der Waals surface area contributed by atoms with Crippen molar-refractivity contribution >= 4 is 15.9 Å². The minimum absolute atomic E-state index is 0.447. The number of ether oxygens (including phenoxy) is 1. The normalized spacial score (nSPS) is 26.5. The van der Waals surface area contributed by atoms with Gasteiger partial charge in [0, 0.05) is 10.7 Å². The number of alkyl halides is 1. The van der Waals surface area contributed by atoms with E-state index < -0.39 is 0 Å². The minimum atomic E-state index is 0.447. The third-order valence-corrected chi connectivity index (χ3v) is 6.06. The molecule has 0 aromatic carbocycles. The Kier molecular flexibility index (Phi) is 6.51. The van der Waals surface area contributed by atoms with Gasteiger partial charge in [0.1, 0.15) is 0 Å². The van der Waals surface area contributed by atoms with Crippen LogP contribution in [-0.4, -0.2) is 18.0 Å². The lowest BCUT2D eigenvalue weighted by molar-refractivity contribution is -0.0133. The molecule has 0 N–H and O–H groups in total. The predicted molar refractivity (Wildman–Crippen MR) is 81.4 cm³/mol. The van der Waals surface area contributed by atoms with E-state index >= 15 is 0 Å². The van der Waals surface area contributed by atoms with E-state index in [1.165, 1.54) is 77.0 Å². The van der Waals surface area contributed by atoms with Gasteiger partial charge >= 0.3 is 0 Å². The summed E-state index contributed by atoms with van der Waals surface area (Å²) in [5.41, 5.74) is 0.447. The van der Waals surface area contributed by atoms with Gasteiger partial charge in [0.25, 0.3) is 0 Å². The maximum absolute atomic E-state index is 6.32. The first-order valence-electron chi connectivity index (χ1n) is 8.02. The van der Waals surface area contributed by atoms with Crippen LogP contribution >= 0.6 is 15.9 Å². The Labute approximate surface area is 121 Å². The van der Waals surface area contributed by atoms with Crippen molar-refractivity contribution < 1.29 is 4.74 Å². The second-order valence-electron chi connectivity index (χ2n) is 6.47. The molecule has 0 aromatic heterocycles. The van der Waals surface area contributed by atoms with E-state index in [0.717, 1.165) is 11.9 Å². The van der Waals surface area contributed by atoms with Crippen molar-refractivity contribution in [3.8, 4) is 0 Å². The summed E-state index contributed by atoms with van der Waals surface area (Å²) in [6.07, 6.45) is 17.2. The van der Waals surface area contributed by atoms with Crippen LogP contribution in [0.4, 0.5) is 0 Å². The van der Waals surface area contributed by atoms with E-state index in [4.69, 9.17) is 4.74 Å². The van der Waals surface area contributed by atoms with Crippen LogP contribution < -0.4 is 0 Å². The number of rotatable bonds is 4. The highest BCUT2D eigenvalue weighted by Gasteiger charge is 2.31. The summed E-state index contributed by atoms with van der Waals surface area (Å²) >= 11 is 3.76. The standard InChI is InChI=1S/C16H29BrO/c17-13-16(11-7-3-4-8-12-16)14-18-15-9-5-1-2-6-10-15/h15H,1-14H2. The molecule has 2 aliphatic rings. The second-order valence-corrected chi connectivity index (χ2v) is 7.03. The van der Waals surface area contributed by atoms with Gasteiger partial charge in [-0.3, -0.25) is 0 Å². The fraction of sp³-hybridized carbons (Fsp3) is 1.00. The van der Waals surface area contributed by atoms with Crippen molar-refractivity contribution in [2.24, 2.45) is 5.41 Å². The topological polar surface area (TPSA) is 9.23 Å². The van der Waals surface area contributed by atoms with Gasteiger partial charge in [0.15, 0.2) is 0 Å². The molecule has 18 heavy (non-hydrogen) atoms. The summed E-state index contributed by atoms with van der Waals surface area (Å²) in [6, 6.07) is 0. The van der Waals surface area contributed by atoms with Gasteiger partial charge in [-0.05, 0) is 25.7 Å². The summed E-state index contributed by atoms with van der Waals surface area (Å²) in [7, 11) is 0. The minimum Gasteiger partial charge on any atom is -0.378 e. The first-order valence-corrected chi connectivity index (χ1v) is 9.14. The Morgan fingerprint density at radius 2 is 1.39 bits per heavy atom. The Hall–Kier alpha value is 0.440. The Morgan fingerprint density at radius 1 is 0.833 bits per heavy atom. The van der Waals surface area contributed by atoms with Gasteiger partial charge in [-0.1, -0.05) is 67.3 Å². The zero-order chi connectivity index (χ0) is 12.7. The van der Waals surface area contributed by atoms with Gasteiger partial charge in [0.2, 0.25) is 0 Å². The molecule has 0 aromatic rings. The lowest BCUT2D eigenvalue weighted by atomic mass is 9.83. The van der Waals surface area contributed by atoms with Gasteiger partial charge < -0.3 is 4.74 Å². The molecule has 2 saturated carbocycles. The molecule has 0 amide bonds. The molecule has 0 saturated heterocycles. The molecule has 2 heteroatoms. The summed E-state index contributed by atoms with van der Waals surface area (Å²) in [6.45, 7) is 1.00. The number of hydrogen-bond acceptors (Lipinski definition) is 1. The smallest absolute Gasteiger partial charge is 0.0575 e. The fourth-order valence-electron chi connectivity index (χ4n) is 3.50. The lowest BCUT2D eigenvalue weighted by Gasteiger charge is -2.32. The summed E-state index contributed by atoms with van der Waals surface area (Å²) in [4.78, 5) is 0. The van der Waals surface area contributed by atoms with Crippen LogP contribution in [0.25, 0.3) is 0 Å². The van der Waals surface area contributed by atoms with Crippen molar-refractivity contribution in [3.05, 3.63) is 0 Å². The third kappa shape index (κ3) is 4.52. The Morgan fingerprint density at radius 3 is 1.94 bits per heavy atom. The highest BCUT2D eigenvalue weighted by molar-refractivity contribution is 9.09. The molecule has 1 nitrogen and oxygen atoms in total. The fourth-order valence-corrected chi connectivity index (χ4v) is 4.22. The van der Waals surface area contributed by atoms with E-state index in [9.17, 15) is 0 Å². The van der Waals surface area contributed by atoms with Crippen molar-refractivity contribution in [2.75, 3.05) is 11.9 Å². The van der Waals surface area contributed by atoms with E-state index in [2.05, 4.69) is 15.9 Å². The second kappa shape index (κ2) is 7.89. The zero-order valence-corrected chi connectivity index (χ0v) is 13.3. The van der Waals surface area contributed by atoms with E-state index in [1.54, 1.807) is 0 Å². The van der Waals surface area contributed by atoms with Gasteiger partial charge in [-0.2, -0.15) is 0 Å². The molecule has 0 heterocycles. The van der Waals surface area contributed by atoms with E-state index in [0.29, 0.717) is 11.5 Å². The summed E-state index contributed by atoms with van der Waals surface area (Å²) < 4.78 is 6.32. The lowest BCUT2D eigenvalue weighted by Crippen LogP contribution is -2.31. The van der Waals surface area contributed by atoms with Crippen LogP contribution in [0.15, 0.2) is 0 Å². The molecule has 0 unspecified atom stereocenters. The molecule has 2 aliphatic carbocycles. The monoisotopic (exact) mass is 316 g/mol. The molecule has 0 spiro atoms. The average molecular weight is 317 g/mol. The molecule has 0 radical (unpaired) electrons. The van der Waals surface area contributed by atoms with Crippen molar-refractivity contribution in [1.82, 2.24) is 0 Å². The average Bonchev–Trinajstić information content (AvgIpc) is 2.80. The molecule has 106 valence electrons. The maximum Gasteiger partial charge on any atom is 0.0575 e. The molecule has 0 bridgehead atoms. The van der Waals surface area contributed by atoms with Gasteiger partial charge in [-0.15, -0.1) is 0 Å². The molecule has 0 aliphatic heterocycles. The molecule has 0 atom stereocenters. The van der Waals surface area contributed by atoms with Gasteiger partial charge in [0.05, 0.1) is 12.7 Å². The van der Waals surface area contributed by atoms with Crippen LogP contribution in [0.3, 0.4) is 0 Å². The molecule has 2 fully saturated rings. The van der Waals surface area contributed by atoms with Crippen molar-refractivity contribution in [1.29, 1.82) is 0 Å². The summed E-state index contributed by atoms with van der Waals surface area (Å²) in [5.74, 6) is 0. The quantitative estimate of drug-likeness (QED) is 0.494. The van der Waals surface area contributed by atoms with Crippen LogP contribution in [0.5, 0.6) is 0 Å². The van der Waals surface area contributed by atoms with Gasteiger partial charge in [-0.25, -0.2) is 0 Å². The van der Waals surface area contributed by atoms with Crippen LogP contribution in [0.1, 0.15) is 77.0 Å². The Balaban J connectivity index is 1.81. The van der Waals surface area contributed by atoms with Crippen molar-refractivity contribution in [2.45, 2.75) is 83.2 Å². The van der Waals surface area contributed by atoms with E-state index in [-0.39, 0.29) is 0 Å². The highest BCUT2D eigenvalue weighted by Crippen LogP contribution is 2.37. The number of halogens is 1. The molecule has 2 rings (SSSR count).